The lowest BCUT2D eigenvalue weighted by molar-refractivity contribution is -0.198. The Morgan fingerprint density at radius 3 is 2.69 bits per heavy atom. The van der Waals surface area contributed by atoms with Crippen LogP contribution in [0.15, 0.2) is 23.8 Å². The smallest absolute Gasteiger partial charge is 0.388 e. The van der Waals surface area contributed by atoms with Crippen LogP contribution in [0.1, 0.15) is 91.4 Å². The first-order chi connectivity index (χ1) is 25.6. The molecule has 4 N–H and O–H groups in total. The number of rotatable bonds is 15. The fourth-order valence-corrected chi connectivity index (χ4v) is 12.5. The Hall–Kier alpha value is -2.05. The number of nitrogens with one attached hydrogen (secondary N) is 1. The quantitative estimate of drug-likeness (QED) is 0.103. The number of hydrogen-bond donors (Lipinski definition) is 4. The molecule has 5 aliphatic carbocycles. The van der Waals surface area contributed by atoms with Gasteiger partial charge in [0.1, 0.15) is 19.3 Å². The Morgan fingerprint density at radius 2 is 1.93 bits per heavy atom. The summed E-state index contributed by atoms with van der Waals surface area (Å²) in [6, 6.07) is 0. The third-order valence-corrected chi connectivity index (χ3v) is 15.1. The van der Waals surface area contributed by atoms with Gasteiger partial charge in [-0.15, -0.1) is 5.92 Å². The highest BCUT2D eigenvalue weighted by Gasteiger charge is 2.76. The van der Waals surface area contributed by atoms with Crippen LogP contribution in [0.5, 0.6) is 0 Å². The van der Waals surface area contributed by atoms with Gasteiger partial charge in [-0.05, 0) is 75.4 Å². The monoisotopic (exact) mass is 797 g/mol. The van der Waals surface area contributed by atoms with Crippen LogP contribution in [-0.4, -0.2) is 88.9 Å². The molecule has 6 rings (SSSR count). The summed E-state index contributed by atoms with van der Waals surface area (Å²) >= 11 is 0. The number of hydrogen-bond acceptors (Lipinski definition) is 12. The molecule has 0 aromatic heterocycles. The van der Waals surface area contributed by atoms with Crippen molar-refractivity contribution in [2.24, 2.45) is 28.6 Å². The molecule has 4 fully saturated rings. The second-order valence-electron chi connectivity index (χ2n) is 15.7. The summed E-state index contributed by atoms with van der Waals surface area (Å²) in [4.78, 5) is 60.1. The summed E-state index contributed by atoms with van der Waals surface area (Å²) in [5.74, 6) is 3.85. The van der Waals surface area contributed by atoms with Crippen LogP contribution in [0.2, 0.25) is 0 Å². The highest BCUT2D eigenvalue weighted by molar-refractivity contribution is 7.61. The molecule has 0 radical (unpaired) electrons. The second-order valence-corrected chi connectivity index (χ2v) is 18.7. The van der Waals surface area contributed by atoms with Crippen LogP contribution < -0.4 is 5.32 Å². The maximum atomic E-state index is 13.8. The summed E-state index contributed by atoms with van der Waals surface area (Å²) in [5.41, 5.74) is -2.59. The normalized spacial score (nSPS) is 39.2. The number of ketones is 2. The number of ether oxygens (including phenoxy) is 3. The van der Waals surface area contributed by atoms with Gasteiger partial charge < -0.3 is 34.4 Å². The zero-order valence-electron chi connectivity index (χ0n) is 31.1. The predicted molar refractivity (Wildman–Crippen MR) is 192 cm³/mol. The Morgan fingerprint density at radius 1 is 1.13 bits per heavy atom. The van der Waals surface area contributed by atoms with E-state index in [-0.39, 0.29) is 43.3 Å². The van der Waals surface area contributed by atoms with Crippen molar-refractivity contribution in [1.82, 2.24) is 5.32 Å². The number of amides is 1. The maximum Gasteiger partial charge on any atom is 0.481 e. The molecule has 4 unspecified atom stereocenters. The van der Waals surface area contributed by atoms with Gasteiger partial charge in [-0.2, -0.15) is 4.31 Å². The predicted octanol–water partition coefficient (Wildman–Crippen LogP) is 4.44. The van der Waals surface area contributed by atoms with E-state index in [9.17, 15) is 38.4 Å². The van der Waals surface area contributed by atoms with Gasteiger partial charge in [0, 0.05) is 29.7 Å². The molecular weight excluding hydrogens is 744 g/mol. The standard InChI is InChI=1S/C37H53NO14P2/c1-4-10-33-49-31-20-28-27-14-13-24-19-25(40)15-16-35(24,2)34(27)29(21-36(28,3)37(31,50-33)30(41)22-39)51-54(45,46)52-53(43,44)48-18-17-38-32(42)23-47-26-11-8-6-5-7-9-12-26/h15-16,19,26-29,31,33-34,39H,4-8,10-11,13-14,17-18,20-23H2,1-3H3,(H,38,42)(H,43,44)(H,45,46)/t26?,27-,28-,29-,31+,33?,34+,35-,36-,37+/m0/s1. The molecule has 0 aromatic carbocycles. The van der Waals surface area contributed by atoms with E-state index in [4.69, 9.17) is 27.6 Å². The molecule has 1 heterocycles. The SMILES string of the molecule is CCCC1O[C@@H]2C[C@H]3[C@@H]4CCC5=CC(=O)C=C[C@]5(C)[C@H]4[C@@H](OP(=O)(O)OP(=O)(O)OCCNC(=O)COC4C#CCCCCC4)C[C@]3(C)[C@]2(C(=O)CO)O1. The van der Waals surface area contributed by atoms with Crippen molar-refractivity contribution in [3.8, 4) is 11.8 Å². The van der Waals surface area contributed by atoms with Gasteiger partial charge in [0.25, 0.3) is 0 Å². The van der Waals surface area contributed by atoms with Crippen molar-refractivity contribution >= 4 is 33.1 Å². The molecule has 1 aliphatic heterocycles. The Bertz CT molecular complexity index is 1690. The number of carbonyl (C=O) groups is 3. The Kier molecular flexibility index (Phi) is 12.7. The van der Waals surface area contributed by atoms with Crippen molar-refractivity contribution in [3.63, 3.8) is 0 Å². The van der Waals surface area contributed by atoms with E-state index < -0.39 is 81.4 Å². The van der Waals surface area contributed by atoms with Crippen molar-refractivity contribution in [3.05, 3.63) is 23.8 Å². The topological polar surface area (TPSA) is 213 Å². The van der Waals surface area contributed by atoms with Crippen LogP contribution in [0.3, 0.4) is 0 Å². The largest absolute Gasteiger partial charge is 0.481 e. The van der Waals surface area contributed by atoms with E-state index in [2.05, 4.69) is 17.2 Å². The number of aliphatic hydroxyl groups excluding tert-OH is 1. The van der Waals surface area contributed by atoms with Gasteiger partial charge >= 0.3 is 15.6 Å². The molecule has 0 spiro atoms. The van der Waals surface area contributed by atoms with Gasteiger partial charge in [-0.25, -0.2) is 9.13 Å². The highest BCUT2D eigenvalue weighted by Crippen LogP contribution is 2.72. The molecule has 15 nitrogen and oxygen atoms in total. The molecule has 3 saturated carbocycles. The van der Waals surface area contributed by atoms with Gasteiger partial charge in [0.15, 0.2) is 23.5 Å². The van der Waals surface area contributed by atoms with E-state index in [0.29, 0.717) is 25.7 Å². The average molecular weight is 798 g/mol. The molecule has 12 atom stereocenters. The Labute approximate surface area is 316 Å². The fourth-order valence-electron chi connectivity index (χ4n) is 10.2. The molecule has 1 saturated heterocycles. The molecule has 0 aromatic rings. The zero-order valence-corrected chi connectivity index (χ0v) is 32.9. The molecule has 54 heavy (non-hydrogen) atoms. The van der Waals surface area contributed by atoms with Gasteiger partial charge in [0.2, 0.25) is 5.91 Å². The molecule has 6 aliphatic rings. The highest BCUT2D eigenvalue weighted by atomic mass is 31.3. The second kappa shape index (κ2) is 16.4. The summed E-state index contributed by atoms with van der Waals surface area (Å²) in [5, 5.41) is 12.7. The first-order valence-electron chi connectivity index (χ1n) is 19.1. The number of carbonyl (C=O) groups excluding carboxylic acids is 3. The van der Waals surface area contributed by atoms with Crippen LogP contribution in [-0.2, 0) is 51.1 Å². The third-order valence-electron chi connectivity index (χ3n) is 12.4. The zero-order chi connectivity index (χ0) is 38.9. The molecule has 0 bridgehead atoms. The molecular formula is C37H53NO14P2. The van der Waals surface area contributed by atoms with E-state index in [1.54, 1.807) is 12.2 Å². The summed E-state index contributed by atoms with van der Waals surface area (Å²) in [6.45, 7) is 3.92. The van der Waals surface area contributed by atoms with Crippen LogP contribution in [0, 0.1) is 40.4 Å². The van der Waals surface area contributed by atoms with E-state index in [0.717, 1.165) is 44.1 Å². The van der Waals surface area contributed by atoms with Crippen molar-refractivity contribution < 1.29 is 66.0 Å². The lowest BCUT2D eigenvalue weighted by Crippen LogP contribution is -2.63. The first kappa shape index (κ1) is 41.6. The number of phosphoric ester groups is 2. The summed E-state index contributed by atoms with van der Waals surface area (Å²) in [7, 11) is -10.6. The van der Waals surface area contributed by atoms with Crippen LogP contribution >= 0.6 is 15.6 Å². The number of aliphatic hydroxyl groups is 1. The van der Waals surface area contributed by atoms with Crippen molar-refractivity contribution in [2.45, 2.75) is 122 Å². The Balaban J connectivity index is 1.17. The van der Waals surface area contributed by atoms with Crippen LogP contribution in [0.4, 0.5) is 0 Å². The van der Waals surface area contributed by atoms with E-state index in [1.165, 1.54) is 6.08 Å². The number of phosphoric acid groups is 2. The van der Waals surface area contributed by atoms with E-state index >= 15 is 0 Å². The van der Waals surface area contributed by atoms with E-state index in [1.807, 2.05) is 20.8 Å². The summed E-state index contributed by atoms with van der Waals surface area (Å²) < 4.78 is 60.7. The van der Waals surface area contributed by atoms with Crippen molar-refractivity contribution in [1.29, 1.82) is 0 Å². The number of fused-ring (bicyclic) bond motifs is 7. The molecule has 17 heteroatoms. The minimum Gasteiger partial charge on any atom is -0.388 e. The first-order valence-corrected chi connectivity index (χ1v) is 22.0. The minimum atomic E-state index is -5.38. The van der Waals surface area contributed by atoms with Crippen molar-refractivity contribution in [2.75, 3.05) is 26.4 Å². The third kappa shape index (κ3) is 8.18. The molecule has 1 amide bonds. The minimum absolute atomic E-state index is 0.0288. The molecule has 300 valence electrons. The van der Waals surface area contributed by atoms with Gasteiger partial charge in [-0.1, -0.05) is 51.2 Å². The number of allylic oxidation sites excluding steroid dienone is 4. The average Bonchev–Trinajstić information content (AvgIpc) is 3.57. The fraction of sp³-hybridized carbons (Fsp3) is 0.757. The van der Waals surface area contributed by atoms with Gasteiger partial charge in [-0.3, -0.25) is 23.4 Å². The maximum absolute atomic E-state index is 13.8. The van der Waals surface area contributed by atoms with Gasteiger partial charge in [0.05, 0.1) is 18.8 Å². The number of Topliss-reactive ketones (excluding diaryl/α,β-unsaturated/α-hetero) is 1. The van der Waals surface area contributed by atoms with Crippen LogP contribution in [0.25, 0.3) is 0 Å². The lowest BCUT2D eigenvalue weighted by atomic mass is 9.46. The lowest BCUT2D eigenvalue weighted by Gasteiger charge is -2.60. The summed E-state index contributed by atoms with van der Waals surface area (Å²) in [6.07, 6.45) is 9.26.